The fraction of sp³-hybridized carbons (Fsp3) is 0.267. The predicted octanol–water partition coefficient (Wildman–Crippen LogP) is 1.79. The number of amides is 3. The van der Waals surface area contributed by atoms with Crippen molar-refractivity contribution in [3.05, 3.63) is 42.7 Å². The van der Waals surface area contributed by atoms with Crippen molar-refractivity contribution in [3.63, 3.8) is 0 Å². The van der Waals surface area contributed by atoms with E-state index in [0.29, 0.717) is 30.8 Å². The van der Waals surface area contributed by atoms with Crippen LogP contribution in [0, 0.1) is 5.82 Å². The molecule has 0 radical (unpaired) electrons. The summed E-state index contributed by atoms with van der Waals surface area (Å²) < 4.78 is 15.6. The summed E-state index contributed by atoms with van der Waals surface area (Å²) in [5.41, 5.74) is 5.68. The molecule has 1 aromatic heterocycles. The largest absolute Gasteiger partial charge is 0.352 e. The molecule has 0 aliphatic rings. The van der Waals surface area contributed by atoms with Gasteiger partial charge in [0.1, 0.15) is 5.82 Å². The molecule has 1 heterocycles. The fourth-order valence-corrected chi connectivity index (χ4v) is 2.04. The maximum absolute atomic E-state index is 14.0. The van der Waals surface area contributed by atoms with Crippen molar-refractivity contribution in [2.75, 3.05) is 11.9 Å². The lowest BCUT2D eigenvalue weighted by molar-refractivity contribution is -0.116. The number of hydrogen-bond acceptors (Lipinski definition) is 3. The van der Waals surface area contributed by atoms with Gasteiger partial charge in [-0.3, -0.25) is 4.79 Å². The minimum Gasteiger partial charge on any atom is -0.352 e. The van der Waals surface area contributed by atoms with Crippen molar-refractivity contribution in [3.8, 4) is 5.69 Å². The van der Waals surface area contributed by atoms with Crippen LogP contribution >= 0.6 is 0 Å². The number of aromatic nitrogens is 2. The van der Waals surface area contributed by atoms with Crippen molar-refractivity contribution >= 4 is 17.6 Å². The first-order valence-corrected chi connectivity index (χ1v) is 7.17. The molecule has 0 spiro atoms. The van der Waals surface area contributed by atoms with Gasteiger partial charge in [0.25, 0.3) is 0 Å². The summed E-state index contributed by atoms with van der Waals surface area (Å²) in [5, 5.41) is 5.09. The van der Waals surface area contributed by atoms with E-state index in [-0.39, 0.29) is 12.3 Å². The minimum absolute atomic E-state index is 0.209. The van der Waals surface area contributed by atoms with Gasteiger partial charge in [-0.05, 0) is 31.0 Å². The lowest BCUT2D eigenvalue weighted by Gasteiger charge is -2.08. The van der Waals surface area contributed by atoms with Crippen molar-refractivity contribution in [1.82, 2.24) is 14.9 Å². The standard InChI is InChI=1S/C15H18FN5O2/c16-12-9-11(4-5-13(12)21-8-7-18-10-21)20-14(22)3-1-2-6-19-15(17)23/h4-5,7-10H,1-3,6H2,(H,20,22)(H3,17,19,23). The molecule has 0 bridgehead atoms. The van der Waals surface area contributed by atoms with Gasteiger partial charge in [-0.2, -0.15) is 0 Å². The summed E-state index contributed by atoms with van der Waals surface area (Å²) in [4.78, 5) is 26.1. The van der Waals surface area contributed by atoms with E-state index < -0.39 is 11.8 Å². The molecule has 2 aromatic rings. The Hall–Kier alpha value is -2.90. The summed E-state index contributed by atoms with van der Waals surface area (Å²) in [6.45, 7) is 0.427. The first-order valence-electron chi connectivity index (χ1n) is 7.17. The molecule has 0 saturated carbocycles. The first-order chi connectivity index (χ1) is 11.1. The number of halogens is 1. The highest BCUT2D eigenvalue weighted by Crippen LogP contribution is 2.18. The number of anilines is 1. The first kappa shape index (κ1) is 16.5. The van der Waals surface area contributed by atoms with E-state index in [1.165, 1.54) is 12.4 Å². The molecule has 0 aliphatic carbocycles. The van der Waals surface area contributed by atoms with Gasteiger partial charge in [0.05, 0.1) is 12.0 Å². The quantitative estimate of drug-likeness (QED) is 0.678. The van der Waals surface area contributed by atoms with E-state index in [2.05, 4.69) is 15.6 Å². The van der Waals surface area contributed by atoms with Crippen LogP contribution in [0.5, 0.6) is 0 Å². The topological polar surface area (TPSA) is 102 Å². The van der Waals surface area contributed by atoms with Gasteiger partial charge in [-0.1, -0.05) is 0 Å². The number of carbonyl (C=O) groups is 2. The van der Waals surface area contributed by atoms with E-state index in [4.69, 9.17) is 5.73 Å². The molecule has 4 N–H and O–H groups in total. The molecule has 0 fully saturated rings. The summed E-state index contributed by atoms with van der Waals surface area (Å²) in [6, 6.07) is 3.89. The third kappa shape index (κ3) is 5.10. The van der Waals surface area contributed by atoms with Crippen LogP contribution in [0.4, 0.5) is 14.9 Å². The summed E-state index contributed by atoms with van der Waals surface area (Å²) in [5.74, 6) is -0.662. The van der Waals surface area contributed by atoms with Gasteiger partial charge in [-0.25, -0.2) is 14.2 Å². The summed E-state index contributed by atoms with van der Waals surface area (Å²) in [6.07, 6.45) is 6.22. The van der Waals surface area contributed by atoms with E-state index in [1.54, 1.807) is 29.1 Å². The smallest absolute Gasteiger partial charge is 0.312 e. The maximum atomic E-state index is 14.0. The lowest BCUT2D eigenvalue weighted by Crippen LogP contribution is -2.30. The van der Waals surface area contributed by atoms with E-state index in [1.807, 2.05) is 0 Å². The zero-order chi connectivity index (χ0) is 16.7. The van der Waals surface area contributed by atoms with Crippen molar-refractivity contribution in [2.24, 2.45) is 5.73 Å². The van der Waals surface area contributed by atoms with Gasteiger partial charge >= 0.3 is 6.03 Å². The Labute approximate surface area is 132 Å². The number of unbranched alkanes of at least 4 members (excludes halogenated alkanes) is 1. The average Bonchev–Trinajstić information content (AvgIpc) is 3.00. The monoisotopic (exact) mass is 319 g/mol. The third-order valence-electron chi connectivity index (χ3n) is 3.14. The molecule has 7 nitrogen and oxygen atoms in total. The zero-order valence-corrected chi connectivity index (χ0v) is 12.5. The van der Waals surface area contributed by atoms with Crippen molar-refractivity contribution in [2.45, 2.75) is 19.3 Å². The number of benzene rings is 1. The van der Waals surface area contributed by atoms with Crippen LogP contribution in [-0.2, 0) is 4.79 Å². The minimum atomic E-state index is -0.581. The van der Waals surface area contributed by atoms with E-state index in [9.17, 15) is 14.0 Å². The molecule has 0 unspecified atom stereocenters. The molecule has 0 aliphatic heterocycles. The highest BCUT2D eigenvalue weighted by molar-refractivity contribution is 5.90. The highest BCUT2D eigenvalue weighted by atomic mass is 19.1. The molecule has 0 saturated heterocycles. The van der Waals surface area contributed by atoms with Gasteiger partial charge in [0, 0.05) is 31.0 Å². The number of rotatable bonds is 7. The number of primary amides is 1. The van der Waals surface area contributed by atoms with Crippen molar-refractivity contribution in [1.29, 1.82) is 0 Å². The second-order valence-electron chi connectivity index (χ2n) is 4.93. The lowest BCUT2D eigenvalue weighted by atomic mass is 10.2. The third-order valence-corrected chi connectivity index (χ3v) is 3.14. The molecule has 0 atom stereocenters. The van der Waals surface area contributed by atoms with E-state index >= 15 is 0 Å². The predicted molar refractivity (Wildman–Crippen MR) is 83.6 cm³/mol. The normalized spacial score (nSPS) is 10.3. The molecule has 23 heavy (non-hydrogen) atoms. The van der Waals surface area contributed by atoms with Gasteiger partial charge in [0.2, 0.25) is 5.91 Å². The number of nitrogens with zero attached hydrogens (tertiary/aromatic N) is 2. The van der Waals surface area contributed by atoms with Gasteiger partial charge in [-0.15, -0.1) is 0 Å². The van der Waals surface area contributed by atoms with E-state index in [0.717, 1.165) is 0 Å². The Balaban J connectivity index is 1.82. The Morgan fingerprint density at radius 1 is 1.30 bits per heavy atom. The van der Waals surface area contributed by atoms with Crippen LogP contribution in [0.15, 0.2) is 36.9 Å². The molecular weight excluding hydrogens is 301 g/mol. The zero-order valence-electron chi connectivity index (χ0n) is 12.5. The fourth-order valence-electron chi connectivity index (χ4n) is 2.04. The highest BCUT2D eigenvalue weighted by Gasteiger charge is 2.08. The Bertz CT molecular complexity index is 673. The van der Waals surface area contributed by atoms with Crippen LogP contribution in [0.3, 0.4) is 0 Å². The molecule has 3 amide bonds. The Kier molecular flexibility index (Phi) is 5.67. The summed E-state index contributed by atoms with van der Waals surface area (Å²) >= 11 is 0. The second-order valence-corrected chi connectivity index (χ2v) is 4.93. The molecule has 2 rings (SSSR count). The molecule has 8 heteroatoms. The SMILES string of the molecule is NC(=O)NCCCCC(=O)Nc1ccc(-n2ccnc2)c(F)c1. The number of nitrogens with one attached hydrogen (secondary N) is 2. The molecular formula is C15H18FN5O2. The van der Waals surface area contributed by atoms with Crippen LogP contribution in [-0.4, -0.2) is 28.0 Å². The molecule has 1 aromatic carbocycles. The van der Waals surface area contributed by atoms with Crippen LogP contribution < -0.4 is 16.4 Å². The second kappa shape index (κ2) is 7.92. The van der Waals surface area contributed by atoms with Crippen LogP contribution in [0.2, 0.25) is 0 Å². The van der Waals surface area contributed by atoms with Gasteiger partial charge in [0.15, 0.2) is 0 Å². The number of imidazole rings is 1. The maximum Gasteiger partial charge on any atom is 0.312 e. The van der Waals surface area contributed by atoms with Crippen molar-refractivity contribution < 1.29 is 14.0 Å². The number of carbonyl (C=O) groups excluding carboxylic acids is 2. The van der Waals surface area contributed by atoms with Crippen LogP contribution in [0.1, 0.15) is 19.3 Å². The van der Waals surface area contributed by atoms with Crippen LogP contribution in [0.25, 0.3) is 5.69 Å². The number of hydrogen-bond donors (Lipinski definition) is 3. The van der Waals surface area contributed by atoms with Gasteiger partial charge < -0.3 is 20.9 Å². The number of urea groups is 1. The molecule has 122 valence electrons. The Morgan fingerprint density at radius 2 is 2.13 bits per heavy atom. The Morgan fingerprint density at radius 3 is 2.78 bits per heavy atom. The summed E-state index contributed by atoms with van der Waals surface area (Å²) in [7, 11) is 0. The number of nitrogens with two attached hydrogens (primary N) is 1. The average molecular weight is 319 g/mol.